The third kappa shape index (κ3) is 4.66. The van der Waals surface area contributed by atoms with Crippen LogP contribution in [0.3, 0.4) is 0 Å². The number of alkyl halides is 3. The summed E-state index contributed by atoms with van der Waals surface area (Å²) >= 11 is 3.54. The quantitative estimate of drug-likeness (QED) is 0.700. The summed E-state index contributed by atoms with van der Waals surface area (Å²) in [4.78, 5) is 23.1. The normalized spacial score (nSPS) is 15.7. The van der Waals surface area contributed by atoms with E-state index < -0.39 is 41.7 Å². The summed E-state index contributed by atoms with van der Waals surface area (Å²) in [6.45, 7) is 1.36. The zero-order chi connectivity index (χ0) is 16.9. The highest BCUT2D eigenvalue weighted by Crippen LogP contribution is 2.28. The predicted octanol–water partition coefficient (Wildman–Crippen LogP) is 2.47. The smallest absolute Gasteiger partial charge is 0.401 e. The molecule has 1 amide bonds. The van der Waals surface area contributed by atoms with Gasteiger partial charge in [0.05, 0.1) is 0 Å². The number of nitrogens with one attached hydrogen (secondary N) is 1. The lowest BCUT2D eigenvalue weighted by Crippen LogP contribution is -2.47. The van der Waals surface area contributed by atoms with Crippen molar-refractivity contribution in [1.82, 2.24) is 5.32 Å². The minimum Gasteiger partial charge on any atom is -0.481 e. The van der Waals surface area contributed by atoms with E-state index in [9.17, 15) is 27.9 Å². The zero-order valence-corrected chi connectivity index (χ0v) is 12.6. The van der Waals surface area contributed by atoms with E-state index in [1.807, 2.05) is 0 Å². The van der Waals surface area contributed by atoms with Crippen molar-refractivity contribution in [3.05, 3.63) is 35.9 Å². The van der Waals surface area contributed by atoms with Crippen molar-refractivity contribution in [2.45, 2.75) is 25.1 Å². The van der Waals surface area contributed by atoms with E-state index in [2.05, 4.69) is 17.9 Å². The molecule has 0 aromatic heterocycles. The van der Waals surface area contributed by atoms with Crippen molar-refractivity contribution in [3.8, 4) is 0 Å². The number of carboxylic acid groups (broad SMARTS) is 1. The van der Waals surface area contributed by atoms with Gasteiger partial charge < -0.3 is 10.4 Å². The van der Waals surface area contributed by atoms with Gasteiger partial charge in [0.1, 0.15) is 11.8 Å². The van der Waals surface area contributed by atoms with E-state index in [1.54, 1.807) is 30.3 Å². The lowest BCUT2D eigenvalue weighted by Gasteiger charge is -2.25. The van der Waals surface area contributed by atoms with Gasteiger partial charge in [0.2, 0.25) is 5.91 Å². The summed E-state index contributed by atoms with van der Waals surface area (Å²) in [5.74, 6) is -6.63. The highest BCUT2D eigenvalue weighted by atomic mass is 32.1. The van der Waals surface area contributed by atoms with Crippen LogP contribution in [0.1, 0.15) is 18.4 Å². The molecule has 0 heterocycles. The summed E-state index contributed by atoms with van der Waals surface area (Å²) in [5.41, 5.74) is 0.400. The van der Waals surface area contributed by atoms with Crippen molar-refractivity contribution >= 4 is 24.5 Å². The Balaban J connectivity index is 2.91. The number of carboxylic acids is 1. The summed E-state index contributed by atoms with van der Waals surface area (Å²) in [6, 6.07) is 7.00. The van der Waals surface area contributed by atoms with Crippen molar-refractivity contribution in [1.29, 1.82) is 0 Å². The average Bonchev–Trinajstić information content (AvgIpc) is 2.38. The number of rotatable bonds is 6. The van der Waals surface area contributed by atoms with Crippen LogP contribution in [0.2, 0.25) is 0 Å². The summed E-state index contributed by atoms with van der Waals surface area (Å²) < 4.78 is 38.0. The van der Waals surface area contributed by atoms with Crippen LogP contribution in [0, 0.1) is 5.92 Å². The first-order valence-corrected chi connectivity index (χ1v) is 7.07. The Morgan fingerprint density at radius 3 is 2.23 bits per heavy atom. The van der Waals surface area contributed by atoms with Gasteiger partial charge in [-0.05, 0) is 12.5 Å². The second-order valence-corrected chi connectivity index (χ2v) is 5.17. The third-order valence-electron chi connectivity index (χ3n) is 3.19. The van der Waals surface area contributed by atoms with E-state index in [0.717, 1.165) is 0 Å². The lowest BCUT2D eigenvalue weighted by molar-refractivity contribution is -0.178. The van der Waals surface area contributed by atoms with Crippen LogP contribution in [0.5, 0.6) is 0 Å². The number of carbonyl (C=O) groups is 2. The molecule has 1 unspecified atom stereocenters. The van der Waals surface area contributed by atoms with Crippen LogP contribution in [0.15, 0.2) is 30.3 Å². The van der Waals surface area contributed by atoms with Crippen LogP contribution in [-0.4, -0.2) is 35.0 Å². The molecule has 1 rings (SSSR count). The molecule has 0 saturated heterocycles. The van der Waals surface area contributed by atoms with Gasteiger partial charge in [-0.15, -0.1) is 0 Å². The molecule has 0 saturated carbocycles. The molecule has 0 aliphatic rings. The van der Waals surface area contributed by atoms with Gasteiger partial charge in [-0.2, -0.15) is 25.8 Å². The molecule has 0 fully saturated rings. The number of thiol groups is 1. The predicted molar refractivity (Wildman–Crippen MR) is 77.8 cm³/mol. The van der Waals surface area contributed by atoms with Crippen LogP contribution in [-0.2, 0) is 9.59 Å². The van der Waals surface area contributed by atoms with Gasteiger partial charge in [0.25, 0.3) is 0 Å². The van der Waals surface area contributed by atoms with Gasteiger partial charge in [-0.1, -0.05) is 30.3 Å². The molecule has 22 heavy (non-hydrogen) atoms. The molecule has 0 radical (unpaired) electrons. The van der Waals surface area contributed by atoms with Crippen molar-refractivity contribution < 1.29 is 27.9 Å². The molecule has 3 atom stereocenters. The first kappa shape index (κ1) is 18.3. The minimum absolute atomic E-state index is 0.400. The van der Waals surface area contributed by atoms with E-state index >= 15 is 0 Å². The molecular weight excluding hydrogens is 319 g/mol. The molecule has 122 valence electrons. The largest absolute Gasteiger partial charge is 0.481 e. The van der Waals surface area contributed by atoms with Crippen molar-refractivity contribution in [2.24, 2.45) is 5.92 Å². The Kier molecular flexibility index (Phi) is 6.28. The Morgan fingerprint density at radius 2 is 1.82 bits per heavy atom. The molecule has 2 N–H and O–H groups in total. The maximum absolute atomic E-state index is 12.7. The molecule has 4 nitrogen and oxygen atoms in total. The summed E-state index contributed by atoms with van der Waals surface area (Å²) in [7, 11) is 0. The van der Waals surface area contributed by atoms with Crippen molar-refractivity contribution in [3.63, 3.8) is 0 Å². The Labute approximate surface area is 131 Å². The maximum Gasteiger partial charge on any atom is 0.401 e. The fraction of sp³-hybridized carbons (Fsp3) is 0.429. The van der Waals surface area contributed by atoms with Crippen LogP contribution in [0.4, 0.5) is 13.2 Å². The molecule has 1 aromatic rings. The van der Waals surface area contributed by atoms with Crippen LogP contribution < -0.4 is 5.32 Å². The molecule has 0 spiro atoms. The first-order valence-electron chi connectivity index (χ1n) is 6.44. The van der Waals surface area contributed by atoms with Crippen LogP contribution in [0.25, 0.3) is 0 Å². The standard InChI is InChI=1S/C14H16F3NO3S/c1-8(18-12(19)10(7-22)14(15,16)17)11(13(20)21)9-5-3-2-4-6-9/h2-6,8,10-11,22H,7H2,1H3,(H,18,19)(H,20,21)/t8-,10?,11+/m0/s1. The van der Waals surface area contributed by atoms with E-state index in [1.165, 1.54) is 6.92 Å². The van der Waals surface area contributed by atoms with Gasteiger partial charge in [0, 0.05) is 11.8 Å². The Bertz CT molecular complexity index is 522. The summed E-state index contributed by atoms with van der Waals surface area (Å²) in [5, 5.41) is 11.4. The fourth-order valence-corrected chi connectivity index (χ4v) is 2.42. The molecule has 0 aliphatic carbocycles. The highest BCUT2D eigenvalue weighted by molar-refractivity contribution is 7.80. The average molecular weight is 335 g/mol. The first-order chi connectivity index (χ1) is 10.2. The van der Waals surface area contributed by atoms with E-state index in [0.29, 0.717) is 5.56 Å². The number of carbonyl (C=O) groups excluding carboxylic acids is 1. The number of amides is 1. The highest BCUT2D eigenvalue weighted by Gasteiger charge is 2.44. The van der Waals surface area contributed by atoms with Gasteiger partial charge in [-0.3, -0.25) is 9.59 Å². The maximum atomic E-state index is 12.7. The van der Waals surface area contributed by atoms with Gasteiger partial charge >= 0.3 is 12.1 Å². The Morgan fingerprint density at radius 1 is 1.27 bits per heavy atom. The number of halogens is 3. The zero-order valence-electron chi connectivity index (χ0n) is 11.7. The lowest BCUT2D eigenvalue weighted by atomic mass is 9.92. The number of hydrogen-bond acceptors (Lipinski definition) is 3. The second kappa shape index (κ2) is 7.53. The molecule has 0 bridgehead atoms. The van der Waals surface area contributed by atoms with Crippen LogP contribution >= 0.6 is 12.6 Å². The molecule has 1 aromatic carbocycles. The van der Waals surface area contributed by atoms with E-state index in [4.69, 9.17) is 0 Å². The number of aliphatic carboxylic acids is 1. The molecular formula is C14H16F3NO3S. The van der Waals surface area contributed by atoms with E-state index in [-0.39, 0.29) is 0 Å². The minimum atomic E-state index is -4.73. The third-order valence-corrected chi connectivity index (χ3v) is 3.55. The van der Waals surface area contributed by atoms with Gasteiger partial charge in [0.15, 0.2) is 0 Å². The molecule has 0 aliphatic heterocycles. The van der Waals surface area contributed by atoms with Gasteiger partial charge in [-0.25, -0.2) is 0 Å². The summed E-state index contributed by atoms with van der Waals surface area (Å²) in [6.07, 6.45) is -4.73. The monoisotopic (exact) mass is 335 g/mol. The molecule has 8 heteroatoms. The number of hydrogen-bond donors (Lipinski definition) is 3. The number of benzene rings is 1. The Hall–Kier alpha value is -1.70. The SMILES string of the molecule is C[C@H](NC(=O)C(CS)C(F)(F)F)[C@@H](C(=O)O)c1ccccc1. The van der Waals surface area contributed by atoms with Crippen molar-refractivity contribution in [2.75, 3.05) is 5.75 Å². The topological polar surface area (TPSA) is 66.4 Å². The fourth-order valence-electron chi connectivity index (χ4n) is 2.05. The second-order valence-electron chi connectivity index (χ2n) is 4.80.